The summed E-state index contributed by atoms with van der Waals surface area (Å²) in [5.41, 5.74) is 1.79. The molecule has 2 aromatic carbocycles. The summed E-state index contributed by atoms with van der Waals surface area (Å²) in [4.78, 5) is 42.4. The van der Waals surface area contributed by atoms with Crippen molar-refractivity contribution in [3.05, 3.63) is 42.5 Å². The number of carbonyl (C=O) groups is 3. The molecule has 0 spiro atoms. The maximum atomic E-state index is 12.3. The first-order valence-corrected chi connectivity index (χ1v) is 9.83. The van der Waals surface area contributed by atoms with Gasteiger partial charge in [-0.25, -0.2) is 4.98 Å². The van der Waals surface area contributed by atoms with Crippen molar-refractivity contribution in [2.24, 2.45) is 0 Å². The Morgan fingerprint density at radius 3 is 2.66 bits per heavy atom. The third-order valence-electron chi connectivity index (χ3n) is 4.52. The fourth-order valence-electron chi connectivity index (χ4n) is 3.15. The third kappa shape index (κ3) is 3.90. The van der Waals surface area contributed by atoms with Crippen LogP contribution in [0.4, 0.5) is 16.5 Å². The van der Waals surface area contributed by atoms with E-state index in [1.54, 1.807) is 23.1 Å². The van der Waals surface area contributed by atoms with E-state index in [0.717, 1.165) is 16.6 Å². The molecule has 0 aliphatic carbocycles. The van der Waals surface area contributed by atoms with E-state index in [4.69, 9.17) is 4.74 Å². The third-order valence-corrected chi connectivity index (χ3v) is 5.47. The molecule has 1 aromatic heterocycles. The lowest BCUT2D eigenvalue weighted by atomic mass is 10.2. The van der Waals surface area contributed by atoms with E-state index in [1.807, 2.05) is 24.3 Å². The van der Waals surface area contributed by atoms with E-state index < -0.39 is 11.8 Å². The molecular formula is C20H18N4O4S. The maximum absolute atomic E-state index is 12.3. The van der Waals surface area contributed by atoms with E-state index in [-0.39, 0.29) is 5.91 Å². The lowest BCUT2D eigenvalue weighted by Gasteiger charge is -2.19. The molecule has 1 aliphatic rings. The summed E-state index contributed by atoms with van der Waals surface area (Å²) in [6.07, 6.45) is 1.31. The number of benzene rings is 2. The SMILES string of the molecule is COc1cc(NC(=O)C(=O)Nc2nc3ccccc3s2)ccc1N1CCCC1=O. The predicted molar refractivity (Wildman–Crippen MR) is 111 cm³/mol. The molecule has 0 radical (unpaired) electrons. The standard InChI is InChI=1S/C20H18N4O4S/c1-28-15-11-12(8-9-14(15)24-10-4-7-17(24)25)21-18(26)19(27)23-20-22-13-5-2-3-6-16(13)29-20/h2-3,5-6,8-9,11H,4,7,10H2,1H3,(H,21,26)(H,22,23,27). The minimum atomic E-state index is -0.823. The average Bonchev–Trinajstić information content (AvgIpc) is 3.33. The number of thiazole rings is 1. The number of ether oxygens (including phenoxy) is 1. The number of nitrogens with one attached hydrogen (secondary N) is 2. The van der Waals surface area contributed by atoms with Gasteiger partial charge in [-0.15, -0.1) is 0 Å². The van der Waals surface area contributed by atoms with Crippen LogP contribution in [0, 0.1) is 0 Å². The van der Waals surface area contributed by atoms with Crippen molar-refractivity contribution in [3.63, 3.8) is 0 Å². The van der Waals surface area contributed by atoms with Gasteiger partial charge in [-0.05, 0) is 30.7 Å². The highest BCUT2D eigenvalue weighted by molar-refractivity contribution is 7.22. The molecule has 3 aromatic rings. The zero-order valence-electron chi connectivity index (χ0n) is 15.6. The van der Waals surface area contributed by atoms with Crippen molar-refractivity contribution in [1.82, 2.24) is 4.98 Å². The van der Waals surface area contributed by atoms with Crippen LogP contribution in [0.15, 0.2) is 42.5 Å². The van der Waals surface area contributed by atoms with Crippen LogP contribution < -0.4 is 20.3 Å². The summed E-state index contributed by atoms with van der Waals surface area (Å²) in [6.45, 7) is 0.630. The Labute approximate surface area is 170 Å². The van der Waals surface area contributed by atoms with Gasteiger partial charge in [-0.1, -0.05) is 23.5 Å². The minimum absolute atomic E-state index is 0.0373. The van der Waals surface area contributed by atoms with Crippen molar-refractivity contribution >= 4 is 55.8 Å². The zero-order valence-corrected chi connectivity index (χ0v) is 16.4. The number of hydrogen-bond donors (Lipinski definition) is 2. The molecule has 2 N–H and O–H groups in total. The monoisotopic (exact) mass is 410 g/mol. The second kappa shape index (κ2) is 7.88. The van der Waals surface area contributed by atoms with Crippen LogP contribution in [-0.4, -0.2) is 36.4 Å². The molecule has 3 amide bonds. The summed E-state index contributed by atoms with van der Waals surface area (Å²) in [7, 11) is 1.49. The van der Waals surface area contributed by atoms with Crippen LogP contribution in [0.25, 0.3) is 10.2 Å². The molecule has 8 nitrogen and oxygen atoms in total. The number of methoxy groups -OCH3 is 1. The minimum Gasteiger partial charge on any atom is -0.494 e. The summed E-state index contributed by atoms with van der Waals surface area (Å²) in [6, 6.07) is 12.4. The average molecular weight is 410 g/mol. The molecule has 29 heavy (non-hydrogen) atoms. The Balaban J connectivity index is 1.45. The molecule has 0 bridgehead atoms. The first-order valence-electron chi connectivity index (χ1n) is 9.01. The Kier molecular flexibility index (Phi) is 5.13. The number of nitrogens with zero attached hydrogens (tertiary/aromatic N) is 2. The Hall–Kier alpha value is -3.46. The van der Waals surface area contributed by atoms with E-state index in [2.05, 4.69) is 15.6 Å². The van der Waals surface area contributed by atoms with Crippen LogP contribution in [0.3, 0.4) is 0 Å². The van der Waals surface area contributed by atoms with Gasteiger partial charge in [-0.3, -0.25) is 19.7 Å². The quantitative estimate of drug-likeness (QED) is 0.644. The van der Waals surface area contributed by atoms with Gasteiger partial charge in [0, 0.05) is 24.7 Å². The molecule has 0 unspecified atom stereocenters. The van der Waals surface area contributed by atoms with Gasteiger partial charge in [0.25, 0.3) is 0 Å². The fraction of sp³-hybridized carbons (Fsp3) is 0.200. The zero-order chi connectivity index (χ0) is 20.4. The van der Waals surface area contributed by atoms with Crippen molar-refractivity contribution in [3.8, 4) is 5.75 Å². The fourth-order valence-corrected chi connectivity index (χ4v) is 4.01. The summed E-state index contributed by atoms with van der Waals surface area (Å²) >= 11 is 1.29. The highest BCUT2D eigenvalue weighted by Crippen LogP contribution is 2.34. The van der Waals surface area contributed by atoms with Crippen LogP contribution in [0.5, 0.6) is 5.75 Å². The molecule has 9 heteroatoms. The highest BCUT2D eigenvalue weighted by Gasteiger charge is 2.25. The summed E-state index contributed by atoms with van der Waals surface area (Å²) in [5.74, 6) is -1.15. The normalized spacial score (nSPS) is 13.6. The number of anilines is 3. The van der Waals surface area contributed by atoms with Gasteiger partial charge in [-0.2, -0.15) is 0 Å². The van der Waals surface area contributed by atoms with Gasteiger partial charge in [0.05, 0.1) is 23.0 Å². The maximum Gasteiger partial charge on any atom is 0.315 e. The molecular weight excluding hydrogens is 392 g/mol. The molecule has 2 heterocycles. The number of aromatic nitrogens is 1. The number of carbonyl (C=O) groups excluding carboxylic acids is 3. The molecule has 1 aliphatic heterocycles. The van der Waals surface area contributed by atoms with Crippen molar-refractivity contribution in [2.45, 2.75) is 12.8 Å². The summed E-state index contributed by atoms with van der Waals surface area (Å²) in [5, 5.41) is 5.41. The highest BCUT2D eigenvalue weighted by atomic mass is 32.1. The van der Waals surface area contributed by atoms with Crippen molar-refractivity contribution in [1.29, 1.82) is 0 Å². The van der Waals surface area contributed by atoms with Gasteiger partial charge in [0.1, 0.15) is 5.75 Å². The Morgan fingerprint density at radius 2 is 1.93 bits per heavy atom. The molecule has 1 saturated heterocycles. The molecule has 4 rings (SSSR count). The molecule has 1 fully saturated rings. The van der Waals surface area contributed by atoms with E-state index in [0.29, 0.717) is 35.2 Å². The molecule has 0 atom stereocenters. The Bertz CT molecular complexity index is 1080. The van der Waals surface area contributed by atoms with E-state index in [9.17, 15) is 14.4 Å². The first-order chi connectivity index (χ1) is 14.0. The van der Waals surface area contributed by atoms with Gasteiger partial charge in [0.15, 0.2) is 5.13 Å². The van der Waals surface area contributed by atoms with Crippen LogP contribution in [0.2, 0.25) is 0 Å². The van der Waals surface area contributed by atoms with Crippen LogP contribution in [0.1, 0.15) is 12.8 Å². The van der Waals surface area contributed by atoms with E-state index >= 15 is 0 Å². The topological polar surface area (TPSA) is 101 Å². The number of hydrogen-bond acceptors (Lipinski definition) is 6. The van der Waals surface area contributed by atoms with E-state index in [1.165, 1.54) is 18.4 Å². The summed E-state index contributed by atoms with van der Waals surface area (Å²) < 4.78 is 6.28. The largest absolute Gasteiger partial charge is 0.494 e. The van der Waals surface area contributed by atoms with Gasteiger partial charge < -0.3 is 15.0 Å². The first kappa shape index (κ1) is 18.9. The number of amides is 3. The Morgan fingerprint density at radius 1 is 1.14 bits per heavy atom. The predicted octanol–water partition coefficient (Wildman–Crippen LogP) is 3.01. The number of fused-ring (bicyclic) bond motifs is 1. The van der Waals surface area contributed by atoms with Crippen molar-refractivity contribution in [2.75, 3.05) is 29.2 Å². The lowest BCUT2D eigenvalue weighted by Crippen LogP contribution is -2.29. The van der Waals surface area contributed by atoms with Crippen molar-refractivity contribution < 1.29 is 19.1 Å². The smallest absolute Gasteiger partial charge is 0.315 e. The second-order valence-corrected chi connectivity index (χ2v) is 7.46. The second-order valence-electron chi connectivity index (χ2n) is 6.43. The van der Waals surface area contributed by atoms with Gasteiger partial charge in [0.2, 0.25) is 5.91 Å². The number of para-hydroxylation sites is 1. The number of rotatable bonds is 4. The lowest BCUT2D eigenvalue weighted by molar-refractivity contribution is -0.132. The molecule has 148 valence electrons. The van der Waals surface area contributed by atoms with Crippen LogP contribution >= 0.6 is 11.3 Å². The molecule has 0 saturated carbocycles. The van der Waals surface area contributed by atoms with Gasteiger partial charge >= 0.3 is 11.8 Å². The van der Waals surface area contributed by atoms with Crippen LogP contribution in [-0.2, 0) is 14.4 Å².